The Balaban J connectivity index is 1.83. The molecule has 0 atom stereocenters. The first-order valence-electron chi connectivity index (χ1n) is 9.94. The van der Waals surface area contributed by atoms with E-state index in [1.807, 2.05) is 23.7 Å². The lowest BCUT2D eigenvalue weighted by Crippen LogP contribution is -2.23. The van der Waals surface area contributed by atoms with Crippen LogP contribution in [0.1, 0.15) is 66.8 Å². The van der Waals surface area contributed by atoms with Crippen LogP contribution < -0.4 is 9.47 Å². The highest BCUT2D eigenvalue weighted by molar-refractivity contribution is 6.05. The third kappa shape index (κ3) is 3.50. The van der Waals surface area contributed by atoms with Crippen LogP contribution in [0.5, 0.6) is 11.5 Å². The minimum absolute atomic E-state index is 0.264. The van der Waals surface area contributed by atoms with Crippen LogP contribution in [-0.2, 0) is 5.54 Å². The number of methoxy groups -OCH3 is 1. The number of carbonyl (C=O) groups is 1. The molecule has 3 aromatic rings. The molecular formula is C23H24N4O3. The Morgan fingerprint density at radius 2 is 1.97 bits per heavy atom. The fourth-order valence-corrected chi connectivity index (χ4v) is 3.50. The number of fused-ring (bicyclic) bond motifs is 1. The summed E-state index contributed by atoms with van der Waals surface area (Å²) in [5.41, 5.74) is 2.92. The van der Waals surface area contributed by atoms with Gasteiger partial charge in [-0.1, -0.05) is 0 Å². The molecule has 0 radical (unpaired) electrons. The van der Waals surface area contributed by atoms with Crippen molar-refractivity contribution in [2.45, 2.75) is 52.0 Å². The van der Waals surface area contributed by atoms with Gasteiger partial charge in [-0.05, 0) is 58.7 Å². The second-order valence-corrected chi connectivity index (χ2v) is 8.60. The fourth-order valence-electron chi connectivity index (χ4n) is 3.50. The molecule has 30 heavy (non-hydrogen) atoms. The average molecular weight is 404 g/mol. The van der Waals surface area contributed by atoms with E-state index in [0.29, 0.717) is 33.8 Å². The number of aromatic nitrogens is 3. The van der Waals surface area contributed by atoms with Gasteiger partial charge in [0.1, 0.15) is 0 Å². The number of esters is 1. The average Bonchev–Trinajstić information content (AvgIpc) is 3.50. The number of hydrogen-bond acceptors (Lipinski definition) is 6. The van der Waals surface area contributed by atoms with E-state index >= 15 is 0 Å². The Morgan fingerprint density at radius 1 is 1.23 bits per heavy atom. The fraction of sp³-hybridized carbons (Fsp3) is 0.391. The van der Waals surface area contributed by atoms with Crippen molar-refractivity contribution >= 4 is 17.0 Å². The van der Waals surface area contributed by atoms with Gasteiger partial charge in [0.05, 0.1) is 40.9 Å². The van der Waals surface area contributed by atoms with Gasteiger partial charge in [0, 0.05) is 17.7 Å². The highest BCUT2D eigenvalue weighted by Gasteiger charge is 2.31. The second kappa shape index (κ2) is 7.13. The van der Waals surface area contributed by atoms with Gasteiger partial charge in [-0.3, -0.25) is 0 Å². The molecule has 2 heterocycles. The molecule has 0 N–H and O–H groups in total. The summed E-state index contributed by atoms with van der Waals surface area (Å²) in [6, 6.07) is 8.59. The van der Waals surface area contributed by atoms with E-state index in [2.05, 4.69) is 25.9 Å². The number of aryl methyl sites for hydroxylation is 1. The summed E-state index contributed by atoms with van der Waals surface area (Å²) in [5, 5.41) is 14.5. The molecule has 2 aromatic heterocycles. The van der Waals surface area contributed by atoms with Crippen LogP contribution in [0, 0.1) is 18.3 Å². The van der Waals surface area contributed by atoms with Crippen LogP contribution in [-0.4, -0.2) is 27.8 Å². The standard InChI is InChI=1S/C23H24N4O3/c1-13-20-16(22(28)30-18-9-6-14(12-24)10-19(18)29-5)11-17(15-7-8-15)25-21(20)27(26-13)23(2,3)4/h6,9-11,15H,7-8H2,1-5H3. The zero-order valence-electron chi connectivity index (χ0n) is 17.8. The lowest BCUT2D eigenvalue weighted by Gasteiger charge is -2.20. The zero-order chi connectivity index (χ0) is 21.6. The van der Waals surface area contributed by atoms with Gasteiger partial charge in [0.25, 0.3) is 0 Å². The maximum atomic E-state index is 13.2. The van der Waals surface area contributed by atoms with Crippen molar-refractivity contribution in [2.24, 2.45) is 0 Å². The normalized spacial score (nSPS) is 13.9. The topological polar surface area (TPSA) is 90.0 Å². The summed E-state index contributed by atoms with van der Waals surface area (Å²) in [6.45, 7) is 8.06. The first-order chi connectivity index (χ1) is 14.2. The highest BCUT2D eigenvalue weighted by atomic mass is 16.6. The summed E-state index contributed by atoms with van der Waals surface area (Å²) in [7, 11) is 1.47. The molecule has 0 aliphatic heterocycles. The number of nitrogens with zero attached hydrogens (tertiary/aromatic N) is 4. The van der Waals surface area contributed by atoms with Crippen LogP contribution >= 0.6 is 0 Å². The van der Waals surface area contributed by atoms with E-state index in [-0.39, 0.29) is 11.3 Å². The van der Waals surface area contributed by atoms with E-state index in [9.17, 15) is 4.79 Å². The number of rotatable bonds is 4. The summed E-state index contributed by atoms with van der Waals surface area (Å²) < 4.78 is 12.9. The first-order valence-corrected chi connectivity index (χ1v) is 9.94. The van der Waals surface area contributed by atoms with Crippen LogP contribution in [0.3, 0.4) is 0 Å². The van der Waals surface area contributed by atoms with Crippen molar-refractivity contribution in [3.8, 4) is 17.6 Å². The number of pyridine rings is 1. The minimum Gasteiger partial charge on any atom is -0.493 e. The van der Waals surface area contributed by atoms with E-state index in [1.165, 1.54) is 7.11 Å². The Kier molecular flexibility index (Phi) is 4.73. The van der Waals surface area contributed by atoms with E-state index in [1.54, 1.807) is 18.2 Å². The number of nitriles is 1. The predicted molar refractivity (Wildman–Crippen MR) is 112 cm³/mol. The molecule has 0 amide bonds. The molecule has 1 saturated carbocycles. The summed E-state index contributed by atoms with van der Waals surface area (Å²) >= 11 is 0. The van der Waals surface area contributed by atoms with Gasteiger partial charge in [-0.25, -0.2) is 14.5 Å². The SMILES string of the molecule is COc1cc(C#N)ccc1OC(=O)c1cc(C2CC2)nc2c1c(C)nn2C(C)(C)C. The molecule has 7 heteroatoms. The molecule has 1 aliphatic carbocycles. The van der Waals surface area contributed by atoms with Crippen LogP contribution in [0.15, 0.2) is 24.3 Å². The van der Waals surface area contributed by atoms with Crippen LogP contribution in [0.2, 0.25) is 0 Å². The number of benzene rings is 1. The summed E-state index contributed by atoms with van der Waals surface area (Å²) in [4.78, 5) is 18.1. The van der Waals surface area contributed by atoms with E-state index in [4.69, 9.17) is 19.7 Å². The van der Waals surface area contributed by atoms with Crippen molar-refractivity contribution in [1.82, 2.24) is 14.8 Å². The molecule has 1 aliphatic rings. The number of carbonyl (C=O) groups excluding carboxylic acids is 1. The van der Waals surface area contributed by atoms with Crippen LogP contribution in [0.4, 0.5) is 0 Å². The Hall–Kier alpha value is -3.40. The molecule has 1 fully saturated rings. The third-order valence-corrected chi connectivity index (χ3v) is 5.18. The maximum Gasteiger partial charge on any atom is 0.344 e. The van der Waals surface area contributed by atoms with Gasteiger partial charge in [-0.2, -0.15) is 10.4 Å². The lowest BCUT2D eigenvalue weighted by molar-refractivity contribution is 0.0731. The Bertz CT molecular complexity index is 1190. The van der Waals surface area contributed by atoms with Crippen LogP contribution in [0.25, 0.3) is 11.0 Å². The molecule has 7 nitrogen and oxygen atoms in total. The largest absolute Gasteiger partial charge is 0.493 e. The van der Waals surface area contributed by atoms with E-state index < -0.39 is 5.97 Å². The molecule has 4 rings (SSSR count). The molecule has 0 bridgehead atoms. The number of ether oxygens (including phenoxy) is 2. The molecular weight excluding hydrogens is 380 g/mol. The maximum absolute atomic E-state index is 13.2. The molecule has 0 saturated heterocycles. The Labute approximate surface area is 175 Å². The van der Waals surface area contributed by atoms with Gasteiger partial charge < -0.3 is 9.47 Å². The quantitative estimate of drug-likeness (QED) is 0.471. The monoisotopic (exact) mass is 404 g/mol. The van der Waals surface area contributed by atoms with Crippen molar-refractivity contribution < 1.29 is 14.3 Å². The first kappa shape index (κ1) is 19.9. The second-order valence-electron chi connectivity index (χ2n) is 8.60. The Morgan fingerprint density at radius 3 is 2.57 bits per heavy atom. The number of hydrogen-bond donors (Lipinski definition) is 0. The molecule has 1 aromatic carbocycles. The van der Waals surface area contributed by atoms with Crippen molar-refractivity contribution in [2.75, 3.05) is 7.11 Å². The van der Waals surface area contributed by atoms with Crippen molar-refractivity contribution in [3.05, 3.63) is 46.8 Å². The molecule has 0 unspecified atom stereocenters. The third-order valence-electron chi connectivity index (χ3n) is 5.18. The lowest BCUT2D eigenvalue weighted by atomic mass is 10.1. The highest BCUT2D eigenvalue weighted by Crippen LogP contribution is 2.41. The summed E-state index contributed by atoms with van der Waals surface area (Å²) in [5.74, 6) is 0.468. The zero-order valence-corrected chi connectivity index (χ0v) is 17.8. The van der Waals surface area contributed by atoms with E-state index in [0.717, 1.165) is 24.2 Å². The van der Waals surface area contributed by atoms with Gasteiger partial charge >= 0.3 is 5.97 Å². The molecule has 0 spiro atoms. The molecule has 154 valence electrons. The van der Waals surface area contributed by atoms with Gasteiger partial charge in [-0.15, -0.1) is 0 Å². The van der Waals surface area contributed by atoms with Gasteiger partial charge in [0.2, 0.25) is 0 Å². The smallest absolute Gasteiger partial charge is 0.344 e. The van der Waals surface area contributed by atoms with Gasteiger partial charge in [0.15, 0.2) is 17.1 Å². The summed E-state index contributed by atoms with van der Waals surface area (Å²) in [6.07, 6.45) is 2.14. The predicted octanol–water partition coefficient (Wildman–Crippen LogP) is 4.47. The van der Waals surface area contributed by atoms with Crippen molar-refractivity contribution in [3.63, 3.8) is 0 Å². The van der Waals surface area contributed by atoms with Crippen molar-refractivity contribution in [1.29, 1.82) is 5.26 Å². The minimum atomic E-state index is -0.496.